The lowest BCUT2D eigenvalue weighted by molar-refractivity contribution is -0.131. The first-order chi connectivity index (χ1) is 13.7. The fourth-order valence-corrected chi connectivity index (χ4v) is 5.17. The summed E-state index contributed by atoms with van der Waals surface area (Å²) in [5.74, 6) is 0.507. The fourth-order valence-electron chi connectivity index (χ4n) is 4.07. The molecule has 0 bridgehead atoms. The largest absolute Gasteiger partial charge is 0.464 e. The molecular weight excluding hydrogens is 368 g/mol. The smallest absolute Gasteiger partial charge is 0.227 e. The number of nitrogens with zero attached hydrogens (tertiary/aromatic N) is 2. The Balaban J connectivity index is 1.33. The predicted octanol–water partition coefficient (Wildman–Crippen LogP) is 5.30. The lowest BCUT2D eigenvalue weighted by atomic mass is 9.98. The van der Waals surface area contributed by atoms with E-state index >= 15 is 0 Å². The minimum absolute atomic E-state index is 0.175. The highest BCUT2D eigenvalue weighted by atomic mass is 32.1. The standard InChI is InChI=1S/C23H22N2O2S/c1-15-8-9-18-17(14-27-20(18)11-15)12-22(26)25-10-4-5-16(13-25)23-24-19-6-2-3-7-21(19)28-23/h2-3,6-9,11,14,16H,4-5,10,12-13H2,1H3/t16-/m0/s1. The molecule has 0 aliphatic carbocycles. The van der Waals surface area contributed by atoms with Gasteiger partial charge < -0.3 is 9.32 Å². The van der Waals surface area contributed by atoms with Crippen LogP contribution in [0.15, 0.2) is 53.1 Å². The van der Waals surface area contributed by atoms with Crippen LogP contribution in [0.25, 0.3) is 21.2 Å². The van der Waals surface area contributed by atoms with Crippen molar-refractivity contribution in [1.82, 2.24) is 9.88 Å². The maximum Gasteiger partial charge on any atom is 0.227 e. The second-order valence-electron chi connectivity index (χ2n) is 7.64. The number of furan rings is 1. The number of aromatic nitrogens is 1. The van der Waals surface area contributed by atoms with Crippen molar-refractivity contribution in [3.8, 4) is 0 Å². The zero-order valence-corrected chi connectivity index (χ0v) is 16.7. The van der Waals surface area contributed by atoms with Gasteiger partial charge in [0.15, 0.2) is 0 Å². The van der Waals surface area contributed by atoms with Crippen LogP contribution in [0.4, 0.5) is 0 Å². The molecule has 1 saturated heterocycles. The minimum Gasteiger partial charge on any atom is -0.464 e. The fraction of sp³-hybridized carbons (Fsp3) is 0.304. The number of hydrogen-bond donors (Lipinski definition) is 0. The molecule has 142 valence electrons. The van der Waals surface area contributed by atoms with Crippen LogP contribution in [0.2, 0.25) is 0 Å². The van der Waals surface area contributed by atoms with Gasteiger partial charge in [0.05, 0.1) is 27.9 Å². The highest BCUT2D eigenvalue weighted by Crippen LogP contribution is 2.33. The normalized spacial score (nSPS) is 17.5. The molecule has 0 radical (unpaired) electrons. The third-order valence-electron chi connectivity index (χ3n) is 5.59. The van der Waals surface area contributed by atoms with E-state index < -0.39 is 0 Å². The van der Waals surface area contributed by atoms with E-state index in [1.807, 2.05) is 24.0 Å². The number of benzene rings is 2. The minimum atomic E-state index is 0.175. The Hall–Kier alpha value is -2.66. The van der Waals surface area contributed by atoms with Crippen molar-refractivity contribution in [2.75, 3.05) is 13.1 Å². The van der Waals surface area contributed by atoms with E-state index in [4.69, 9.17) is 9.40 Å². The van der Waals surface area contributed by atoms with E-state index in [1.54, 1.807) is 17.6 Å². The van der Waals surface area contributed by atoms with Crippen LogP contribution in [0.1, 0.15) is 34.9 Å². The molecule has 0 saturated carbocycles. The average molecular weight is 391 g/mol. The summed E-state index contributed by atoms with van der Waals surface area (Å²) in [6.07, 6.45) is 4.24. The van der Waals surface area contributed by atoms with Crippen molar-refractivity contribution in [2.24, 2.45) is 0 Å². The van der Waals surface area contributed by atoms with Gasteiger partial charge in [-0.1, -0.05) is 24.3 Å². The van der Waals surface area contributed by atoms with Gasteiger partial charge >= 0.3 is 0 Å². The molecule has 0 N–H and O–H groups in total. The van der Waals surface area contributed by atoms with E-state index in [0.717, 1.165) is 58.6 Å². The van der Waals surface area contributed by atoms with E-state index in [0.29, 0.717) is 12.3 Å². The maximum absolute atomic E-state index is 13.0. The van der Waals surface area contributed by atoms with Crippen LogP contribution in [0.3, 0.4) is 0 Å². The van der Waals surface area contributed by atoms with Crippen LogP contribution >= 0.6 is 11.3 Å². The summed E-state index contributed by atoms with van der Waals surface area (Å²) >= 11 is 1.76. The molecule has 1 aliphatic rings. The third kappa shape index (κ3) is 3.20. The van der Waals surface area contributed by atoms with E-state index in [-0.39, 0.29) is 5.91 Å². The molecule has 3 heterocycles. The number of carbonyl (C=O) groups excluding carboxylic acids is 1. The number of amides is 1. The molecule has 0 spiro atoms. The van der Waals surface area contributed by atoms with Gasteiger partial charge in [-0.15, -0.1) is 11.3 Å². The average Bonchev–Trinajstić information content (AvgIpc) is 3.32. The Labute approximate surface area is 167 Å². The Morgan fingerprint density at radius 2 is 2.18 bits per heavy atom. The first kappa shape index (κ1) is 17.4. The maximum atomic E-state index is 13.0. The van der Waals surface area contributed by atoms with Gasteiger partial charge in [0, 0.05) is 30.0 Å². The zero-order valence-electron chi connectivity index (χ0n) is 15.9. The predicted molar refractivity (Wildman–Crippen MR) is 113 cm³/mol. The van der Waals surface area contributed by atoms with Crippen molar-refractivity contribution in [3.05, 3.63) is 64.9 Å². The molecular formula is C23H22N2O2S. The highest BCUT2D eigenvalue weighted by molar-refractivity contribution is 7.18. The first-order valence-electron chi connectivity index (χ1n) is 9.77. The van der Waals surface area contributed by atoms with Crippen molar-refractivity contribution in [3.63, 3.8) is 0 Å². The van der Waals surface area contributed by atoms with Crippen LogP contribution in [-0.2, 0) is 11.2 Å². The summed E-state index contributed by atoms with van der Waals surface area (Å²) < 4.78 is 6.89. The summed E-state index contributed by atoms with van der Waals surface area (Å²) in [5.41, 5.74) is 4.05. The molecule has 0 unspecified atom stereocenters. The number of piperidine rings is 1. The Morgan fingerprint density at radius 3 is 3.07 bits per heavy atom. The van der Waals surface area contributed by atoms with Gasteiger partial charge in [-0.2, -0.15) is 0 Å². The molecule has 4 nitrogen and oxygen atoms in total. The van der Waals surface area contributed by atoms with E-state index in [1.165, 1.54) is 4.70 Å². The molecule has 4 aromatic rings. The number of rotatable bonds is 3. The summed E-state index contributed by atoms with van der Waals surface area (Å²) in [4.78, 5) is 19.8. The van der Waals surface area contributed by atoms with Crippen molar-refractivity contribution in [2.45, 2.75) is 32.1 Å². The quantitative estimate of drug-likeness (QED) is 0.477. The first-order valence-corrected chi connectivity index (χ1v) is 10.6. The summed E-state index contributed by atoms with van der Waals surface area (Å²) in [6, 6.07) is 14.4. The van der Waals surface area contributed by atoms with Gasteiger partial charge in [0.1, 0.15) is 5.58 Å². The molecule has 1 atom stereocenters. The molecule has 2 aromatic carbocycles. The number of fused-ring (bicyclic) bond motifs is 2. The third-order valence-corrected chi connectivity index (χ3v) is 6.79. The Morgan fingerprint density at radius 1 is 1.29 bits per heavy atom. The molecule has 1 aliphatic heterocycles. The number of hydrogen-bond acceptors (Lipinski definition) is 4. The number of carbonyl (C=O) groups is 1. The molecule has 5 rings (SSSR count). The second kappa shape index (κ2) is 7.06. The molecule has 2 aromatic heterocycles. The van der Waals surface area contributed by atoms with Crippen LogP contribution in [0.5, 0.6) is 0 Å². The van der Waals surface area contributed by atoms with Gasteiger partial charge in [-0.3, -0.25) is 4.79 Å². The topological polar surface area (TPSA) is 46.3 Å². The lowest BCUT2D eigenvalue weighted by Gasteiger charge is -2.31. The van der Waals surface area contributed by atoms with Crippen LogP contribution in [0, 0.1) is 6.92 Å². The van der Waals surface area contributed by atoms with Crippen molar-refractivity contribution < 1.29 is 9.21 Å². The SMILES string of the molecule is Cc1ccc2c(CC(=O)N3CCC[C@H](c4nc5ccccc5s4)C3)coc2c1. The van der Waals surface area contributed by atoms with Gasteiger partial charge in [-0.25, -0.2) is 4.98 Å². The zero-order chi connectivity index (χ0) is 19.1. The number of aryl methyl sites for hydroxylation is 1. The molecule has 28 heavy (non-hydrogen) atoms. The lowest BCUT2D eigenvalue weighted by Crippen LogP contribution is -2.39. The van der Waals surface area contributed by atoms with Gasteiger partial charge in [-0.05, 0) is 43.5 Å². The second-order valence-corrected chi connectivity index (χ2v) is 8.70. The summed E-state index contributed by atoms with van der Waals surface area (Å²) in [7, 11) is 0. The molecule has 1 fully saturated rings. The number of para-hydroxylation sites is 1. The number of likely N-dealkylation sites (tertiary alicyclic amines) is 1. The summed E-state index contributed by atoms with van der Waals surface area (Å²) in [6.45, 7) is 3.63. The van der Waals surface area contributed by atoms with E-state index in [2.05, 4.69) is 30.3 Å². The van der Waals surface area contributed by atoms with Gasteiger partial charge in [0.25, 0.3) is 0 Å². The van der Waals surface area contributed by atoms with Crippen LogP contribution in [-0.4, -0.2) is 28.9 Å². The van der Waals surface area contributed by atoms with Gasteiger partial charge in [0.2, 0.25) is 5.91 Å². The highest BCUT2D eigenvalue weighted by Gasteiger charge is 2.27. The van der Waals surface area contributed by atoms with Crippen LogP contribution < -0.4 is 0 Å². The summed E-state index contributed by atoms with van der Waals surface area (Å²) in [5, 5.41) is 2.20. The van der Waals surface area contributed by atoms with Crippen molar-refractivity contribution in [1.29, 1.82) is 0 Å². The number of thiazole rings is 1. The van der Waals surface area contributed by atoms with Crippen molar-refractivity contribution >= 4 is 38.4 Å². The Bertz CT molecular complexity index is 1130. The van der Waals surface area contributed by atoms with E-state index in [9.17, 15) is 4.79 Å². The molecule has 1 amide bonds. The Kier molecular flexibility index (Phi) is 4.40. The monoisotopic (exact) mass is 390 g/mol. The molecule has 5 heteroatoms.